The summed E-state index contributed by atoms with van der Waals surface area (Å²) in [4.78, 5) is 10.6. The van der Waals surface area contributed by atoms with E-state index in [2.05, 4.69) is 0 Å². The van der Waals surface area contributed by atoms with Crippen molar-refractivity contribution in [3.63, 3.8) is 0 Å². The number of halogens is 1. The minimum absolute atomic E-state index is 0.0849. The highest BCUT2D eigenvalue weighted by atomic mass is 35.5. The van der Waals surface area contributed by atoms with Crippen LogP contribution in [0.1, 0.15) is 34.6 Å². The SMILES string of the molecule is CC(C)(C)C(=O)C(C)(C)Cl. The second-order valence-corrected chi connectivity index (χ2v) is 5.00. The molecule has 0 aromatic carbocycles. The molecule has 10 heavy (non-hydrogen) atoms. The summed E-state index contributed by atoms with van der Waals surface area (Å²) in [5.74, 6) is 0.0849. The fourth-order valence-electron chi connectivity index (χ4n) is 0.892. The topological polar surface area (TPSA) is 17.1 Å². The molecule has 0 radical (unpaired) electrons. The van der Waals surface area contributed by atoms with Crippen molar-refractivity contribution in [3.8, 4) is 0 Å². The Morgan fingerprint density at radius 3 is 1.40 bits per heavy atom. The summed E-state index contributed by atoms with van der Waals surface area (Å²) in [5, 5.41) is 0. The van der Waals surface area contributed by atoms with Crippen LogP contribution < -0.4 is 0 Å². The first-order valence-corrected chi connectivity index (χ1v) is 3.77. The van der Waals surface area contributed by atoms with Gasteiger partial charge >= 0.3 is 0 Å². The van der Waals surface area contributed by atoms with Gasteiger partial charge in [-0.05, 0) is 13.8 Å². The fraction of sp³-hybridized carbons (Fsp3) is 0.875. The van der Waals surface area contributed by atoms with Crippen molar-refractivity contribution in [2.75, 3.05) is 0 Å². The minimum atomic E-state index is -0.724. The third-order valence-electron chi connectivity index (χ3n) is 1.22. The van der Waals surface area contributed by atoms with Crippen LogP contribution in [-0.4, -0.2) is 10.7 Å². The third-order valence-corrected chi connectivity index (χ3v) is 1.39. The van der Waals surface area contributed by atoms with E-state index in [4.69, 9.17) is 11.6 Å². The second kappa shape index (κ2) is 2.54. The third kappa shape index (κ3) is 2.70. The van der Waals surface area contributed by atoms with Gasteiger partial charge in [0.05, 0.1) is 4.87 Å². The lowest BCUT2D eigenvalue weighted by atomic mass is 9.84. The molecular formula is C8H15ClO. The molecule has 0 spiro atoms. The lowest BCUT2D eigenvalue weighted by Gasteiger charge is -2.24. The van der Waals surface area contributed by atoms with Crippen LogP contribution in [0.25, 0.3) is 0 Å². The molecule has 0 aliphatic rings. The smallest absolute Gasteiger partial charge is 0.158 e. The van der Waals surface area contributed by atoms with Gasteiger partial charge in [0.1, 0.15) is 0 Å². The van der Waals surface area contributed by atoms with Gasteiger partial charge in [-0.3, -0.25) is 4.79 Å². The van der Waals surface area contributed by atoms with Gasteiger partial charge in [-0.25, -0.2) is 0 Å². The van der Waals surface area contributed by atoms with Crippen molar-refractivity contribution in [1.82, 2.24) is 0 Å². The van der Waals surface area contributed by atoms with Crippen LogP contribution in [-0.2, 0) is 4.79 Å². The van der Waals surface area contributed by atoms with Gasteiger partial charge in [0.15, 0.2) is 5.78 Å². The Balaban J connectivity index is 4.40. The summed E-state index contributed by atoms with van der Waals surface area (Å²) >= 11 is 5.82. The molecule has 0 heterocycles. The van der Waals surface area contributed by atoms with Gasteiger partial charge < -0.3 is 0 Å². The molecule has 0 saturated carbocycles. The van der Waals surface area contributed by atoms with E-state index in [0.717, 1.165) is 0 Å². The van der Waals surface area contributed by atoms with E-state index in [1.807, 2.05) is 20.8 Å². The lowest BCUT2D eigenvalue weighted by molar-refractivity contribution is -0.128. The van der Waals surface area contributed by atoms with E-state index in [-0.39, 0.29) is 11.2 Å². The first-order chi connectivity index (χ1) is 4.15. The van der Waals surface area contributed by atoms with Gasteiger partial charge in [0, 0.05) is 5.41 Å². The quantitative estimate of drug-likeness (QED) is 0.542. The molecule has 0 bridgehead atoms. The Morgan fingerprint density at radius 2 is 1.40 bits per heavy atom. The molecule has 0 N–H and O–H groups in total. The minimum Gasteiger partial charge on any atom is -0.297 e. The summed E-state index contributed by atoms with van der Waals surface area (Å²) in [5.41, 5.74) is -0.328. The molecule has 0 aromatic rings. The first kappa shape index (κ1) is 9.96. The predicted molar refractivity (Wildman–Crippen MR) is 44.4 cm³/mol. The molecule has 0 aliphatic carbocycles. The number of carbonyl (C=O) groups excluding carboxylic acids is 1. The van der Waals surface area contributed by atoms with Crippen molar-refractivity contribution in [3.05, 3.63) is 0 Å². The zero-order valence-electron chi connectivity index (χ0n) is 7.29. The zero-order chi connectivity index (χ0) is 8.58. The molecule has 0 rings (SSSR count). The molecule has 0 amide bonds. The van der Waals surface area contributed by atoms with Crippen LogP contribution in [0.15, 0.2) is 0 Å². The van der Waals surface area contributed by atoms with E-state index >= 15 is 0 Å². The Morgan fingerprint density at radius 1 is 1.10 bits per heavy atom. The number of hydrogen-bond acceptors (Lipinski definition) is 1. The number of hydrogen-bond donors (Lipinski definition) is 0. The van der Waals surface area contributed by atoms with Gasteiger partial charge in [0.2, 0.25) is 0 Å². The average Bonchev–Trinajstić information content (AvgIpc) is 1.59. The first-order valence-electron chi connectivity index (χ1n) is 3.39. The zero-order valence-corrected chi connectivity index (χ0v) is 8.04. The lowest BCUT2D eigenvalue weighted by Crippen LogP contribution is -2.35. The van der Waals surface area contributed by atoms with Crippen molar-refractivity contribution < 1.29 is 4.79 Å². The van der Waals surface area contributed by atoms with Gasteiger partial charge in [-0.15, -0.1) is 11.6 Å². The Bertz CT molecular complexity index is 120. The molecule has 0 aliphatic heterocycles. The van der Waals surface area contributed by atoms with Crippen molar-refractivity contribution in [2.24, 2.45) is 5.41 Å². The molecule has 0 aromatic heterocycles. The highest BCUT2D eigenvalue weighted by molar-refractivity contribution is 6.35. The predicted octanol–water partition coefficient (Wildman–Crippen LogP) is 2.62. The van der Waals surface area contributed by atoms with Gasteiger partial charge in [-0.2, -0.15) is 0 Å². The Labute approximate surface area is 67.8 Å². The monoisotopic (exact) mass is 162 g/mol. The summed E-state index contributed by atoms with van der Waals surface area (Å²) in [6.45, 7) is 9.07. The van der Waals surface area contributed by atoms with Crippen LogP contribution in [0, 0.1) is 5.41 Å². The van der Waals surface area contributed by atoms with Crippen LogP contribution in [0.4, 0.5) is 0 Å². The largest absolute Gasteiger partial charge is 0.297 e. The Kier molecular flexibility index (Phi) is 2.53. The molecular weight excluding hydrogens is 148 g/mol. The van der Waals surface area contributed by atoms with Crippen LogP contribution in [0.2, 0.25) is 0 Å². The van der Waals surface area contributed by atoms with Crippen LogP contribution >= 0.6 is 11.6 Å². The standard InChI is InChI=1S/C8H15ClO/c1-7(2,3)6(10)8(4,5)9/h1-5H3. The number of Topliss-reactive ketones (excluding diaryl/α,β-unsaturated/α-hetero) is 1. The van der Waals surface area contributed by atoms with E-state index in [1.165, 1.54) is 0 Å². The number of ketones is 1. The van der Waals surface area contributed by atoms with Crippen molar-refractivity contribution in [2.45, 2.75) is 39.5 Å². The maximum absolute atomic E-state index is 11.4. The molecule has 2 heteroatoms. The summed E-state index contributed by atoms with van der Waals surface area (Å²) in [6, 6.07) is 0. The fourth-order valence-corrected chi connectivity index (χ4v) is 1.18. The maximum atomic E-state index is 11.4. The van der Waals surface area contributed by atoms with E-state index < -0.39 is 4.87 Å². The molecule has 60 valence electrons. The van der Waals surface area contributed by atoms with Crippen LogP contribution in [0.5, 0.6) is 0 Å². The van der Waals surface area contributed by atoms with Gasteiger partial charge in [-0.1, -0.05) is 20.8 Å². The van der Waals surface area contributed by atoms with E-state index in [0.29, 0.717) is 0 Å². The summed E-state index contributed by atoms with van der Waals surface area (Å²) in [6.07, 6.45) is 0. The van der Waals surface area contributed by atoms with E-state index in [9.17, 15) is 4.79 Å². The number of rotatable bonds is 1. The average molecular weight is 163 g/mol. The summed E-state index contributed by atoms with van der Waals surface area (Å²) in [7, 11) is 0. The van der Waals surface area contributed by atoms with E-state index in [1.54, 1.807) is 13.8 Å². The highest BCUT2D eigenvalue weighted by Gasteiger charge is 2.33. The summed E-state index contributed by atoms with van der Waals surface area (Å²) < 4.78 is 0. The molecule has 0 fully saturated rings. The normalized spacial score (nSPS) is 13.4. The Hall–Kier alpha value is -0.0400. The highest BCUT2D eigenvalue weighted by Crippen LogP contribution is 2.26. The maximum Gasteiger partial charge on any atom is 0.158 e. The number of alkyl halides is 1. The molecule has 0 atom stereocenters. The van der Waals surface area contributed by atoms with Crippen molar-refractivity contribution in [1.29, 1.82) is 0 Å². The molecule has 1 nitrogen and oxygen atoms in total. The van der Waals surface area contributed by atoms with Crippen LogP contribution in [0.3, 0.4) is 0 Å². The molecule has 0 saturated heterocycles. The molecule has 0 unspecified atom stereocenters. The second-order valence-electron chi connectivity index (χ2n) is 4.05. The van der Waals surface area contributed by atoms with Gasteiger partial charge in [0.25, 0.3) is 0 Å². The number of carbonyl (C=O) groups is 1. The van der Waals surface area contributed by atoms with Crippen molar-refractivity contribution >= 4 is 17.4 Å².